The Morgan fingerprint density at radius 2 is 1.76 bits per heavy atom. The number of anilines is 1. The van der Waals surface area contributed by atoms with E-state index in [0.29, 0.717) is 5.69 Å². The van der Waals surface area contributed by atoms with Gasteiger partial charge in [0.05, 0.1) is 11.8 Å². The molecule has 0 aliphatic rings. The number of aromatic nitrogens is 2. The Morgan fingerprint density at radius 1 is 1.00 bits per heavy atom. The number of nitrogen functional groups attached to an aromatic ring is 1. The fraction of sp³-hybridized carbons (Fsp3) is 0. The molecule has 0 aliphatic heterocycles. The van der Waals surface area contributed by atoms with E-state index >= 15 is 0 Å². The number of H-pyrrole nitrogens is 1. The smallest absolute Gasteiger partial charge is 0.251 e. The Bertz CT molecular complexity index is 688. The zero-order valence-electron chi connectivity index (χ0n) is 9.05. The van der Waals surface area contributed by atoms with E-state index in [1.807, 2.05) is 36.4 Å². The van der Waals surface area contributed by atoms with Gasteiger partial charge in [-0.3, -0.25) is 0 Å². The molecule has 0 amide bonds. The Morgan fingerprint density at radius 3 is 2.53 bits per heavy atom. The standard InChI is InChI=1S/C13H11N3O/c14-12-6-2-3-9-10(12)4-1-5-11(9)13-7-8-15-16(13)17/h1-8,15H,14H2. The Labute approximate surface area is 97.9 Å². The van der Waals surface area contributed by atoms with Crippen molar-refractivity contribution in [2.45, 2.75) is 0 Å². The van der Waals surface area contributed by atoms with Gasteiger partial charge in [0, 0.05) is 17.1 Å². The molecule has 17 heavy (non-hydrogen) atoms. The molecule has 84 valence electrons. The number of aromatic amines is 1. The average molecular weight is 225 g/mol. The van der Waals surface area contributed by atoms with E-state index < -0.39 is 0 Å². The molecule has 0 aliphatic carbocycles. The molecule has 3 N–H and O–H groups in total. The number of hydrogen-bond acceptors (Lipinski definition) is 2. The zero-order valence-corrected chi connectivity index (χ0v) is 9.05. The molecule has 0 unspecified atom stereocenters. The Hall–Kier alpha value is -2.49. The van der Waals surface area contributed by atoms with Crippen molar-refractivity contribution in [2.75, 3.05) is 5.73 Å². The summed E-state index contributed by atoms with van der Waals surface area (Å²) in [5, 5.41) is 16.1. The first-order valence-electron chi connectivity index (χ1n) is 5.32. The van der Waals surface area contributed by atoms with Crippen LogP contribution in [0.15, 0.2) is 48.7 Å². The summed E-state index contributed by atoms with van der Waals surface area (Å²) < 4.78 is 0. The third-order valence-electron chi connectivity index (χ3n) is 2.88. The van der Waals surface area contributed by atoms with E-state index in [9.17, 15) is 5.21 Å². The Balaban J connectivity index is 2.38. The van der Waals surface area contributed by atoms with Crippen LogP contribution in [0.3, 0.4) is 0 Å². The van der Waals surface area contributed by atoms with Crippen LogP contribution in [0.1, 0.15) is 0 Å². The number of nitrogens with two attached hydrogens (primary N) is 1. The second kappa shape index (κ2) is 3.52. The quantitative estimate of drug-likeness (QED) is 0.378. The van der Waals surface area contributed by atoms with Gasteiger partial charge in [0.25, 0.3) is 5.69 Å². The highest BCUT2D eigenvalue weighted by molar-refractivity contribution is 6.01. The van der Waals surface area contributed by atoms with Crippen molar-refractivity contribution in [1.82, 2.24) is 5.10 Å². The number of benzene rings is 2. The summed E-state index contributed by atoms with van der Waals surface area (Å²) in [6.45, 7) is 0. The molecule has 3 rings (SSSR count). The lowest BCUT2D eigenvalue weighted by atomic mass is 10.0. The molecule has 0 fully saturated rings. The lowest BCUT2D eigenvalue weighted by molar-refractivity contribution is -0.653. The molecule has 4 heteroatoms. The van der Waals surface area contributed by atoms with E-state index in [-0.39, 0.29) is 0 Å². The first kappa shape index (κ1) is 9.72. The van der Waals surface area contributed by atoms with Crippen LogP contribution in [0, 0.1) is 5.21 Å². The van der Waals surface area contributed by atoms with Crippen LogP contribution in [0.4, 0.5) is 5.69 Å². The maximum absolute atomic E-state index is 11.6. The van der Waals surface area contributed by atoms with Crippen LogP contribution in [0.5, 0.6) is 0 Å². The van der Waals surface area contributed by atoms with Crippen LogP contribution in [0.25, 0.3) is 22.0 Å². The molecule has 3 aromatic rings. The molecule has 1 aromatic heterocycles. The number of nitrogens with one attached hydrogen (secondary N) is 1. The third kappa shape index (κ3) is 1.42. The summed E-state index contributed by atoms with van der Waals surface area (Å²) in [6.07, 6.45) is 1.62. The normalized spacial score (nSPS) is 10.8. The average Bonchev–Trinajstić information content (AvgIpc) is 2.75. The van der Waals surface area contributed by atoms with Crippen molar-refractivity contribution in [1.29, 1.82) is 0 Å². The highest BCUT2D eigenvalue weighted by Gasteiger charge is 2.13. The van der Waals surface area contributed by atoms with Crippen molar-refractivity contribution in [3.05, 3.63) is 53.9 Å². The summed E-state index contributed by atoms with van der Waals surface area (Å²) in [5.41, 5.74) is 8.12. The Kier molecular flexibility index (Phi) is 2.01. The highest BCUT2D eigenvalue weighted by atomic mass is 16.5. The number of nitrogens with zero attached hydrogens (tertiary/aromatic N) is 1. The van der Waals surface area contributed by atoms with Gasteiger partial charge < -0.3 is 10.9 Å². The maximum atomic E-state index is 11.6. The van der Waals surface area contributed by atoms with E-state index in [1.54, 1.807) is 12.3 Å². The van der Waals surface area contributed by atoms with Gasteiger partial charge in [-0.2, -0.15) is 5.10 Å². The van der Waals surface area contributed by atoms with Crippen molar-refractivity contribution >= 4 is 16.5 Å². The van der Waals surface area contributed by atoms with Crippen LogP contribution in [-0.4, -0.2) is 5.10 Å². The molecular formula is C13H11N3O. The fourth-order valence-corrected chi connectivity index (χ4v) is 2.08. The fourth-order valence-electron chi connectivity index (χ4n) is 2.08. The number of rotatable bonds is 1. The molecule has 0 radical (unpaired) electrons. The largest absolute Gasteiger partial charge is 0.596 e. The second-order valence-corrected chi connectivity index (χ2v) is 3.89. The van der Waals surface area contributed by atoms with E-state index in [0.717, 1.165) is 26.9 Å². The van der Waals surface area contributed by atoms with Gasteiger partial charge in [0.1, 0.15) is 0 Å². The molecule has 0 bridgehead atoms. The molecule has 0 atom stereocenters. The summed E-state index contributed by atoms with van der Waals surface area (Å²) in [6, 6.07) is 13.2. The van der Waals surface area contributed by atoms with Crippen molar-refractivity contribution < 1.29 is 4.85 Å². The summed E-state index contributed by atoms with van der Waals surface area (Å²) in [5.74, 6) is 0. The summed E-state index contributed by atoms with van der Waals surface area (Å²) >= 11 is 0. The van der Waals surface area contributed by atoms with Gasteiger partial charge in [-0.1, -0.05) is 29.1 Å². The van der Waals surface area contributed by atoms with Crippen molar-refractivity contribution in [3.8, 4) is 11.3 Å². The minimum absolute atomic E-state index is 0.598. The molecule has 4 nitrogen and oxygen atoms in total. The predicted molar refractivity (Wildman–Crippen MR) is 67.1 cm³/mol. The molecule has 0 saturated carbocycles. The first-order valence-corrected chi connectivity index (χ1v) is 5.32. The van der Waals surface area contributed by atoms with Gasteiger partial charge in [-0.15, -0.1) is 0 Å². The van der Waals surface area contributed by atoms with Crippen LogP contribution in [0.2, 0.25) is 0 Å². The summed E-state index contributed by atoms with van der Waals surface area (Å²) in [4.78, 5) is 0.748. The van der Waals surface area contributed by atoms with Crippen molar-refractivity contribution in [2.24, 2.45) is 0 Å². The van der Waals surface area contributed by atoms with Gasteiger partial charge in [-0.05, 0) is 17.5 Å². The van der Waals surface area contributed by atoms with Crippen LogP contribution >= 0.6 is 0 Å². The monoisotopic (exact) mass is 225 g/mol. The third-order valence-corrected chi connectivity index (χ3v) is 2.88. The minimum atomic E-state index is 0.598. The van der Waals surface area contributed by atoms with Gasteiger partial charge in [-0.25, -0.2) is 0 Å². The molecular weight excluding hydrogens is 214 g/mol. The van der Waals surface area contributed by atoms with Gasteiger partial charge in [0.2, 0.25) is 0 Å². The highest BCUT2D eigenvalue weighted by Crippen LogP contribution is 2.29. The first-order chi connectivity index (χ1) is 8.27. The van der Waals surface area contributed by atoms with E-state index in [2.05, 4.69) is 5.10 Å². The van der Waals surface area contributed by atoms with E-state index in [4.69, 9.17) is 5.73 Å². The van der Waals surface area contributed by atoms with Gasteiger partial charge >= 0.3 is 0 Å². The summed E-state index contributed by atoms with van der Waals surface area (Å²) in [7, 11) is 0. The zero-order chi connectivity index (χ0) is 11.8. The molecule has 0 spiro atoms. The lowest BCUT2D eigenvalue weighted by Crippen LogP contribution is -2.29. The molecule has 1 heterocycles. The lowest BCUT2D eigenvalue weighted by Gasteiger charge is -2.05. The number of hydrogen-bond donors (Lipinski definition) is 2. The minimum Gasteiger partial charge on any atom is -0.596 e. The van der Waals surface area contributed by atoms with Gasteiger partial charge in [0.15, 0.2) is 0 Å². The van der Waals surface area contributed by atoms with Crippen LogP contribution < -0.4 is 10.6 Å². The topological polar surface area (TPSA) is 68.8 Å². The van der Waals surface area contributed by atoms with E-state index in [1.165, 1.54) is 0 Å². The number of fused-ring (bicyclic) bond motifs is 1. The van der Waals surface area contributed by atoms with Crippen LogP contribution in [-0.2, 0) is 0 Å². The molecule has 2 aromatic carbocycles. The second-order valence-electron chi connectivity index (χ2n) is 3.89. The van der Waals surface area contributed by atoms with Crippen molar-refractivity contribution in [3.63, 3.8) is 0 Å². The predicted octanol–water partition coefficient (Wildman–Crippen LogP) is 2.05. The molecule has 0 saturated heterocycles. The SMILES string of the molecule is Nc1cccc2c(-c3cc[nH][n+]3[O-])cccc12. The maximum Gasteiger partial charge on any atom is 0.251 e.